The predicted molar refractivity (Wildman–Crippen MR) is 267 cm³/mol. The smallest absolute Gasteiger partial charge is 0.000675 e. The van der Waals surface area contributed by atoms with Crippen molar-refractivity contribution in [3.63, 3.8) is 0 Å². The molecule has 13 rings (SSSR count). The minimum Gasteiger partial charge on any atom is -0.0776 e. The molecule has 0 nitrogen and oxygen atoms in total. The van der Waals surface area contributed by atoms with Gasteiger partial charge in [-0.25, -0.2) is 0 Å². The van der Waals surface area contributed by atoms with Crippen LogP contribution in [0, 0.1) is 13.8 Å². The van der Waals surface area contributed by atoms with Crippen molar-refractivity contribution in [3.05, 3.63) is 205 Å². The minimum atomic E-state index is 0. The second kappa shape index (κ2) is 13.2. The summed E-state index contributed by atoms with van der Waals surface area (Å²) < 4.78 is 0. The van der Waals surface area contributed by atoms with Gasteiger partial charge in [0.25, 0.3) is 0 Å². The van der Waals surface area contributed by atoms with Crippen LogP contribution in [0.4, 0.5) is 0 Å². The molecule has 0 saturated heterocycles. The van der Waals surface area contributed by atoms with Crippen molar-refractivity contribution in [1.82, 2.24) is 0 Å². The summed E-state index contributed by atoms with van der Waals surface area (Å²) in [5.41, 5.74) is 12.8. The molecule has 0 atom stereocenters. The van der Waals surface area contributed by atoms with Gasteiger partial charge in [0.1, 0.15) is 0 Å². The van der Waals surface area contributed by atoms with Crippen LogP contribution in [0.5, 0.6) is 0 Å². The molecule has 0 aliphatic carbocycles. The number of fused-ring (bicyclic) bond motifs is 10. The molecule has 0 heteroatoms. The van der Waals surface area contributed by atoms with Crippen molar-refractivity contribution in [3.8, 4) is 44.5 Å². The van der Waals surface area contributed by atoms with Crippen molar-refractivity contribution in [2.24, 2.45) is 0 Å². The molecule has 0 amide bonds. The van der Waals surface area contributed by atoms with E-state index in [4.69, 9.17) is 0 Å². The summed E-state index contributed by atoms with van der Waals surface area (Å²) in [6.45, 7) is 4.47. The monoisotopic (exact) mass is 774 g/mol. The summed E-state index contributed by atoms with van der Waals surface area (Å²) >= 11 is 0. The molecule has 0 heterocycles. The van der Waals surface area contributed by atoms with Gasteiger partial charge >= 0.3 is 0 Å². The molecule has 13 aromatic rings. The molecule has 0 aliphatic rings. The van der Waals surface area contributed by atoms with Crippen molar-refractivity contribution < 1.29 is 0 Å². The maximum absolute atomic E-state index is 2.54. The Bertz CT molecular complexity index is 3850. The first-order valence-electron chi connectivity index (χ1n) is 21.1. The van der Waals surface area contributed by atoms with Crippen LogP contribution in [0.15, 0.2) is 194 Å². The van der Waals surface area contributed by atoms with Crippen LogP contribution in [0.25, 0.3) is 131 Å². The lowest BCUT2D eigenvalue weighted by Crippen LogP contribution is -1.93. The number of rotatable bonds is 4. The average Bonchev–Trinajstić information content (AvgIpc) is 3.80. The zero-order valence-electron chi connectivity index (χ0n) is 33.5. The van der Waals surface area contributed by atoms with Gasteiger partial charge in [-0.15, -0.1) is 0 Å². The van der Waals surface area contributed by atoms with Crippen LogP contribution in [0.3, 0.4) is 0 Å². The van der Waals surface area contributed by atoms with Gasteiger partial charge in [-0.05, 0) is 174 Å². The molecule has 0 fully saturated rings. The average molecular weight is 775 g/mol. The van der Waals surface area contributed by atoms with E-state index in [-0.39, 0.29) is 7.43 Å². The quantitative estimate of drug-likeness (QED) is 0.156. The first-order chi connectivity index (χ1) is 29.6. The molecule has 0 bridgehead atoms. The second-order valence-electron chi connectivity index (χ2n) is 16.8. The Morgan fingerprint density at radius 3 is 1.49 bits per heavy atom. The van der Waals surface area contributed by atoms with Crippen molar-refractivity contribution in [2.45, 2.75) is 21.3 Å². The van der Waals surface area contributed by atoms with Crippen LogP contribution >= 0.6 is 0 Å². The topological polar surface area (TPSA) is 0 Å². The summed E-state index contributed by atoms with van der Waals surface area (Å²) in [5, 5.41) is 21.0. The molecule has 0 aromatic heterocycles. The molecule has 61 heavy (non-hydrogen) atoms. The summed E-state index contributed by atoms with van der Waals surface area (Å²) in [4.78, 5) is 0. The van der Waals surface area contributed by atoms with E-state index in [2.05, 4.69) is 208 Å². The first-order valence-corrected chi connectivity index (χ1v) is 21.1. The van der Waals surface area contributed by atoms with Gasteiger partial charge in [0, 0.05) is 0 Å². The Balaban J connectivity index is 0.00000399. The summed E-state index contributed by atoms with van der Waals surface area (Å²) in [6, 6.07) is 73.1. The molecule has 0 radical (unpaired) electrons. The van der Waals surface area contributed by atoms with Crippen LogP contribution in [0.2, 0.25) is 0 Å². The third-order valence-electron chi connectivity index (χ3n) is 13.6. The third kappa shape index (κ3) is 4.88. The lowest BCUT2D eigenvalue weighted by atomic mass is 9.82. The van der Waals surface area contributed by atoms with E-state index in [1.807, 2.05) is 0 Å². The lowest BCUT2D eigenvalue weighted by Gasteiger charge is -2.21. The Morgan fingerprint density at radius 1 is 0.246 bits per heavy atom. The van der Waals surface area contributed by atoms with E-state index < -0.39 is 0 Å². The highest BCUT2D eigenvalue weighted by molar-refractivity contribution is 6.46. The third-order valence-corrected chi connectivity index (χ3v) is 13.6. The molecular weight excluding hydrogens is 733 g/mol. The van der Waals surface area contributed by atoms with E-state index in [0.29, 0.717) is 0 Å². The van der Waals surface area contributed by atoms with E-state index in [1.165, 1.54) is 142 Å². The number of aryl methyl sites for hydroxylation is 2. The second-order valence-corrected chi connectivity index (χ2v) is 16.8. The Kier molecular flexibility index (Phi) is 7.68. The predicted octanol–water partition coefficient (Wildman–Crippen LogP) is 17.7. The van der Waals surface area contributed by atoms with Gasteiger partial charge in [0.15, 0.2) is 0 Å². The molecule has 0 aliphatic heterocycles. The van der Waals surface area contributed by atoms with Gasteiger partial charge in [-0.3, -0.25) is 0 Å². The SMILES string of the molecule is C.Cc1cccc(C)c1-c1ccc2cc3c4c(-c5ccccc5-c5ccccc5)c5c(cc6c7ccccc7c7cccc5c76)c(-c5ccccc5)c4c4cccc(c2c1)c43. The lowest BCUT2D eigenvalue weighted by molar-refractivity contribution is 1.38. The minimum absolute atomic E-state index is 0. The first kappa shape index (κ1) is 35.4. The van der Waals surface area contributed by atoms with Crippen molar-refractivity contribution in [1.29, 1.82) is 0 Å². The number of benzene rings is 11. The number of hydrogen-bond acceptors (Lipinski definition) is 0. The molecule has 0 N–H and O–H groups in total. The maximum atomic E-state index is 2.54. The summed E-state index contributed by atoms with van der Waals surface area (Å²) in [6.07, 6.45) is 0. The molecular formula is C61H42. The zero-order valence-corrected chi connectivity index (χ0v) is 33.5. The van der Waals surface area contributed by atoms with Crippen molar-refractivity contribution in [2.75, 3.05) is 0 Å². The fraction of sp³-hybridized carbons (Fsp3) is 0.0492. The van der Waals surface area contributed by atoms with Crippen LogP contribution in [-0.2, 0) is 0 Å². The Labute approximate surface area is 355 Å². The fourth-order valence-corrected chi connectivity index (χ4v) is 11.2. The Morgan fingerprint density at radius 2 is 0.770 bits per heavy atom. The highest BCUT2D eigenvalue weighted by Crippen LogP contribution is 2.56. The highest BCUT2D eigenvalue weighted by Gasteiger charge is 2.28. The maximum Gasteiger partial charge on any atom is -0.000675 e. The van der Waals surface area contributed by atoms with Crippen LogP contribution in [-0.4, -0.2) is 0 Å². The fourth-order valence-electron chi connectivity index (χ4n) is 11.2. The van der Waals surface area contributed by atoms with Gasteiger partial charge < -0.3 is 0 Å². The van der Waals surface area contributed by atoms with Gasteiger partial charge in [0.2, 0.25) is 0 Å². The standard InChI is InChI=1S/C60H38.CH4/c1-35-16-13-17-36(2)53(35)40-31-30-39-32-51-56-46(49(39)33-40)27-15-29-48(56)59-54(38-20-7-4-8-21-38)52-34-50-43-24-11-10-23-42(43)45-26-14-28-47(55(45)50)57(52)58(60(51)59)44-25-12-9-22-41(44)37-18-5-3-6-19-37;/h3-34H,1-2H3;1H4. The van der Waals surface area contributed by atoms with E-state index in [0.717, 1.165) is 0 Å². The molecule has 13 aromatic carbocycles. The van der Waals surface area contributed by atoms with E-state index in [1.54, 1.807) is 0 Å². The van der Waals surface area contributed by atoms with Crippen molar-refractivity contribution >= 4 is 86.2 Å². The summed E-state index contributed by atoms with van der Waals surface area (Å²) in [5.74, 6) is 0. The van der Waals surface area contributed by atoms with Gasteiger partial charge in [0.05, 0.1) is 0 Å². The molecule has 0 spiro atoms. The largest absolute Gasteiger partial charge is 0.0776 e. The van der Waals surface area contributed by atoms with Crippen LogP contribution in [0.1, 0.15) is 18.6 Å². The number of hydrogen-bond donors (Lipinski definition) is 0. The summed E-state index contributed by atoms with van der Waals surface area (Å²) in [7, 11) is 0. The Hall–Kier alpha value is -7.54. The van der Waals surface area contributed by atoms with Crippen LogP contribution < -0.4 is 0 Å². The molecule has 0 unspecified atom stereocenters. The van der Waals surface area contributed by atoms with Gasteiger partial charge in [-0.2, -0.15) is 0 Å². The molecule has 0 saturated carbocycles. The van der Waals surface area contributed by atoms with Gasteiger partial charge in [-0.1, -0.05) is 183 Å². The highest BCUT2D eigenvalue weighted by atomic mass is 14.3. The molecule has 286 valence electrons. The normalized spacial score (nSPS) is 12.0. The zero-order chi connectivity index (χ0) is 39.6. The van der Waals surface area contributed by atoms with E-state index in [9.17, 15) is 0 Å². The van der Waals surface area contributed by atoms with E-state index >= 15 is 0 Å².